The van der Waals surface area contributed by atoms with Crippen LogP contribution in [0.4, 0.5) is 11.4 Å². The third kappa shape index (κ3) is 6.67. The molecule has 2 N–H and O–H groups in total. The van der Waals surface area contributed by atoms with Gasteiger partial charge in [-0.25, -0.2) is 16.8 Å². The zero-order chi connectivity index (χ0) is 28.2. The van der Waals surface area contributed by atoms with Gasteiger partial charge in [-0.2, -0.15) is 4.31 Å². The monoisotopic (exact) mass is 611 g/mol. The molecule has 1 aliphatic rings. The van der Waals surface area contributed by atoms with Gasteiger partial charge < -0.3 is 10.1 Å². The van der Waals surface area contributed by atoms with Crippen LogP contribution >= 0.6 is 23.2 Å². The summed E-state index contributed by atoms with van der Waals surface area (Å²) in [6, 6.07) is 14.2. The summed E-state index contributed by atoms with van der Waals surface area (Å²) in [4.78, 5) is 13.1. The molecule has 1 saturated heterocycles. The number of carbonyl (C=O) groups excluding carboxylic acids is 1. The van der Waals surface area contributed by atoms with Crippen molar-refractivity contribution < 1.29 is 26.4 Å². The van der Waals surface area contributed by atoms with E-state index in [1.807, 2.05) is 0 Å². The zero-order valence-electron chi connectivity index (χ0n) is 21.0. The van der Waals surface area contributed by atoms with Crippen molar-refractivity contribution in [2.24, 2.45) is 0 Å². The van der Waals surface area contributed by atoms with Gasteiger partial charge in [-0.15, -0.1) is 0 Å². The Morgan fingerprint density at radius 2 is 1.51 bits per heavy atom. The maximum Gasteiger partial charge on any atom is 0.261 e. The third-order valence-corrected chi connectivity index (χ3v) is 10.3. The number of carbonyl (C=O) groups is 1. The van der Waals surface area contributed by atoms with E-state index >= 15 is 0 Å². The van der Waals surface area contributed by atoms with E-state index < -0.39 is 26.0 Å². The topological polar surface area (TPSA) is 122 Å². The van der Waals surface area contributed by atoms with Crippen LogP contribution in [0.3, 0.4) is 0 Å². The number of anilines is 2. The van der Waals surface area contributed by atoms with E-state index in [1.54, 1.807) is 6.07 Å². The van der Waals surface area contributed by atoms with Crippen LogP contribution in [0.25, 0.3) is 0 Å². The standard InChI is InChI=1S/C26H27Cl2N3O6S2/c1-37-24-14-13-20(39(35,36)31-15-4-2-3-5-16-31)17-21(24)26(32)29-18-9-11-19(12-10-18)38(33,34)30-23-8-6-7-22(27)25(23)28/h6-14,17,30H,2-5,15-16H2,1H3,(H,29,32). The number of amides is 1. The summed E-state index contributed by atoms with van der Waals surface area (Å²) in [7, 11) is -6.40. The highest BCUT2D eigenvalue weighted by Gasteiger charge is 2.27. The Labute approximate surface area is 238 Å². The second-order valence-electron chi connectivity index (χ2n) is 8.87. The highest BCUT2D eigenvalue weighted by Crippen LogP contribution is 2.31. The normalized spacial score (nSPS) is 14.8. The molecule has 1 fully saturated rings. The zero-order valence-corrected chi connectivity index (χ0v) is 24.1. The minimum Gasteiger partial charge on any atom is -0.496 e. The summed E-state index contributed by atoms with van der Waals surface area (Å²) < 4.78 is 61.3. The molecule has 208 valence electrons. The number of ether oxygens (including phenoxy) is 1. The predicted molar refractivity (Wildman–Crippen MR) is 152 cm³/mol. The van der Waals surface area contributed by atoms with Crippen molar-refractivity contribution in [3.8, 4) is 5.75 Å². The molecule has 4 rings (SSSR count). The van der Waals surface area contributed by atoms with Crippen molar-refractivity contribution in [1.29, 1.82) is 0 Å². The number of nitrogens with zero attached hydrogens (tertiary/aromatic N) is 1. The molecule has 3 aromatic rings. The molecule has 0 saturated carbocycles. The second kappa shape index (κ2) is 12.1. The number of benzene rings is 3. The van der Waals surface area contributed by atoms with Gasteiger partial charge in [0.15, 0.2) is 0 Å². The molecule has 3 aromatic carbocycles. The highest BCUT2D eigenvalue weighted by molar-refractivity contribution is 7.92. The Morgan fingerprint density at radius 1 is 0.872 bits per heavy atom. The van der Waals surface area contributed by atoms with Gasteiger partial charge in [-0.3, -0.25) is 9.52 Å². The average molecular weight is 613 g/mol. The summed E-state index contributed by atoms with van der Waals surface area (Å²) in [5, 5.41) is 2.94. The molecule has 9 nitrogen and oxygen atoms in total. The number of hydrogen-bond acceptors (Lipinski definition) is 6. The van der Waals surface area contributed by atoms with Crippen LogP contribution < -0.4 is 14.8 Å². The molecule has 0 aromatic heterocycles. The Bertz CT molecular complexity index is 1570. The van der Waals surface area contributed by atoms with Gasteiger partial charge in [0.2, 0.25) is 10.0 Å². The minimum atomic E-state index is -3.99. The van der Waals surface area contributed by atoms with E-state index in [0.717, 1.165) is 25.7 Å². The summed E-state index contributed by atoms with van der Waals surface area (Å²) >= 11 is 12.0. The summed E-state index contributed by atoms with van der Waals surface area (Å²) in [6.45, 7) is 0.868. The van der Waals surface area contributed by atoms with Gasteiger partial charge in [0.05, 0.1) is 38.2 Å². The Balaban J connectivity index is 1.53. The SMILES string of the molecule is COc1ccc(S(=O)(=O)N2CCCCCC2)cc1C(=O)Nc1ccc(S(=O)(=O)Nc2cccc(Cl)c2Cl)cc1. The van der Waals surface area contributed by atoms with Crippen LogP contribution in [0.2, 0.25) is 10.0 Å². The van der Waals surface area contributed by atoms with Gasteiger partial charge in [-0.05, 0) is 67.4 Å². The van der Waals surface area contributed by atoms with Crippen LogP contribution in [-0.2, 0) is 20.0 Å². The van der Waals surface area contributed by atoms with Crippen molar-refractivity contribution in [1.82, 2.24) is 4.31 Å². The molecular formula is C26H27Cl2N3O6S2. The van der Waals surface area contributed by atoms with Crippen LogP contribution in [-0.4, -0.2) is 47.2 Å². The first-order chi connectivity index (χ1) is 18.5. The number of rotatable bonds is 8. The summed E-state index contributed by atoms with van der Waals surface area (Å²) in [5.41, 5.74) is 0.452. The molecule has 1 aliphatic heterocycles. The maximum absolute atomic E-state index is 13.2. The fourth-order valence-electron chi connectivity index (χ4n) is 4.16. The van der Waals surface area contributed by atoms with E-state index in [1.165, 1.54) is 66.0 Å². The van der Waals surface area contributed by atoms with E-state index in [9.17, 15) is 21.6 Å². The van der Waals surface area contributed by atoms with Crippen LogP contribution in [0.5, 0.6) is 5.75 Å². The predicted octanol–water partition coefficient (Wildman–Crippen LogP) is 5.62. The Hall–Kier alpha value is -2.83. The van der Waals surface area contributed by atoms with Gasteiger partial charge in [0.1, 0.15) is 5.75 Å². The van der Waals surface area contributed by atoms with Crippen LogP contribution in [0.1, 0.15) is 36.0 Å². The fraction of sp³-hybridized carbons (Fsp3) is 0.269. The smallest absolute Gasteiger partial charge is 0.261 e. The Kier molecular flexibility index (Phi) is 9.07. The maximum atomic E-state index is 13.2. The van der Waals surface area contributed by atoms with E-state index in [2.05, 4.69) is 10.0 Å². The van der Waals surface area contributed by atoms with Gasteiger partial charge in [0, 0.05) is 18.8 Å². The molecule has 0 bridgehead atoms. The quantitative estimate of drug-likeness (QED) is 0.341. The summed E-state index contributed by atoms with van der Waals surface area (Å²) in [5.74, 6) is -0.414. The fourth-order valence-corrected chi connectivity index (χ4v) is 7.18. The van der Waals surface area contributed by atoms with Crippen molar-refractivity contribution in [3.05, 3.63) is 76.3 Å². The van der Waals surface area contributed by atoms with Gasteiger partial charge in [0.25, 0.3) is 15.9 Å². The third-order valence-electron chi connectivity index (χ3n) is 6.24. The van der Waals surface area contributed by atoms with Crippen LogP contribution in [0, 0.1) is 0 Å². The summed E-state index contributed by atoms with van der Waals surface area (Å²) in [6.07, 6.45) is 3.53. The number of nitrogens with one attached hydrogen (secondary N) is 2. The molecule has 39 heavy (non-hydrogen) atoms. The minimum absolute atomic E-state index is 0.00235. The molecule has 0 spiro atoms. The van der Waals surface area contributed by atoms with Gasteiger partial charge in [-0.1, -0.05) is 42.1 Å². The number of methoxy groups -OCH3 is 1. The molecule has 1 amide bonds. The lowest BCUT2D eigenvalue weighted by atomic mass is 10.2. The first-order valence-corrected chi connectivity index (χ1v) is 15.8. The van der Waals surface area contributed by atoms with E-state index in [0.29, 0.717) is 18.8 Å². The number of sulfonamides is 2. The first-order valence-electron chi connectivity index (χ1n) is 12.1. The van der Waals surface area contributed by atoms with Crippen LogP contribution in [0.15, 0.2) is 70.5 Å². The highest BCUT2D eigenvalue weighted by atomic mass is 35.5. The van der Waals surface area contributed by atoms with E-state index in [-0.39, 0.29) is 36.8 Å². The average Bonchev–Trinajstić information content (AvgIpc) is 3.21. The molecule has 0 unspecified atom stereocenters. The largest absolute Gasteiger partial charge is 0.496 e. The number of halogens is 2. The second-order valence-corrected chi connectivity index (χ2v) is 13.3. The lowest BCUT2D eigenvalue weighted by Crippen LogP contribution is -2.32. The molecule has 13 heteroatoms. The lowest BCUT2D eigenvalue weighted by Gasteiger charge is -2.20. The molecular weight excluding hydrogens is 585 g/mol. The first kappa shape index (κ1) is 29.2. The van der Waals surface area contributed by atoms with Crippen molar-refractivity contribution in [2.45, 2.75) is 35.5 Å². The van der Waals surface area contributed by atoms with Crippen molar-refractivity contribution >= 4 is 60.5 Å². The van der Waals surface area contributed by atoms with Gasteiger partial charge >= 0.3 is 0 Å². The lowest BCUT2D eigenvalue weighted by molar-refractivity contribution is 0.102. The number of hydrogen-bond donors (Lipinski definition) is 2. The molecule has 0 atom stereocenters. The Morgan fingerprint density at radius 3 is 2.15 bits per heavy atom. The van der Waals surface area contributed by atoms with E-state index in [4.69, 9.17) is 27.9 Å². The molecule has 0 aliphatic carbocycles. The molecule has 1 heterocycles. The van der Waals surface area contributed by atoms with Crippen molar-refractivity contribution in [2.75, 3.05) is 30.2 Å². The molecule has 0 radical (unpaired) electrons. The van der Waals surface area contributed by atoms with Crippen molar-refractivity contribution in [3.63, 3.8) is 0 Å².